The molecule has 0 aliphatic carbocycles. The van der Waals surface area contributed by atoms with Gasteiger partial charge in [0.1, 0.15) is 11.5 Å². The second-order valence-electron chi connectivity index (χ2n) is 3.91. The molecule has 0 radical (unpaired) electrons. The molecule has 0 fully saturated rings. The highest BCUT2D eigenvalue weighted by atomic mass is 35.5. The highest BCUT2D eigenvalue weighted by Gasteiger charge is 2.12. The van der Waals surface area contributed by atoms with Gasteiger partial charge in [0, 0.05) is 0 Å². The standard InChI is InChI=1S/C14H10ClNO4/c15-10-7-8(14(18)19)5-6-12(10)20-11-4-2-1-3-9(11)13(16)17/h1-7H,(H2,16,17)(H,18,19). The molecule has 2 aromatic carbocycles. The summed E-state index contributed by atoms with van der Waals surface area (Å²) < 4.78 is 5.51. The van der Waals surface area contributed by atoms with Crippen LogP contribution >= 0.6 is 11.6 Å². The molecule has 0 saturated heterocycles. The molecular formula is C14H10ClNO4. The van der Waals surface area contributed by atoms with Crippen LogP contribution in [0.2, 0.25) is 5.02 Å². The van der Waals surface area contributed by atoms with Gasteiger partial charge in [0.15, 0.2) is 0 Å². The zero-order valence-electron chi connectivity index (χ0n) is 10.2. The van der Waals surface area contributed by atoms with Crippen LogP contribution in [0.4, 0.5) is 0 Å². The smallest absolute Gasteiger partial charge is 0.335 e. The zero-order valence-corrected chi connectivity index (χ0v) is 10.9. The van der Waals surface area contributed by atoms with E-state index in [2.05, 4.69) is 0 Å². The third kappa shape index (κ3) is 2.89. The van der Waals surface area contributed by atoms with Crippen LogP contribution < -0.4 is 10.5 Å². The van der Waals surface area contributed by atoms with Gasteiger partial charge in [-0.15, -0.1) is 0 Å². The predicted molar refractivity (Wildman–Crippen MR) is 73.4 cm³/mol. The first-order valence-corrected chi connectivity index (χ1v) is 5.96. The minimum atomic E-state index is -1.09. The Balaban J connectivity index is 2.36. The lowest BCUT2D eigenvalue weighted by molar-refractivity contribution is 0.0696. The Bertz CT molecular complexity index is 685. The van der Waals surface area contributed by atoms with Crippen molar-refractivity contribution in [1.29, 1.82) is 0 Å². The summed E-state index contributed by atoms with van der Waals surface area (Å²) in [5.74, 6) is -1.22. The number of nitrogens with two attached hydrogens (primary N) is 1. The Labute approximate surface area is 119 Å². The molecule has 0 atom stereocenters. The fourth-order valence-electron chi connectivity index (χ4n) is 1.59. The van der Waals surface area contributed by atoms with E-state index in [0.29, 0.717) is 0 Å². The van der Waals surface area contributed by atoms with E-state index in [1.165, 1.54) is 24.3 Å². The average Bonchev–Trinajstić information content (AvgIpc) is 2.41. The summed E-state index contributed by atoms with van der Waals surface area (Å²) in [4.78, 5) is 22.1. The maximum Gasteiger partial charge on any atom is 0.335 e. The Morgan fingerprint density at radius 1 is 1.10 bits per heavy atom. The molecule has 0 aromatic heterocycles. The van der Waals surface area contributed by atoms with Gasteiger partial charge in [0.05, 0.1) is 16.1 Å². The first-order valence-electron chi connectivity index (χ1n) is 5.58. The van der Waals surface area contributed by atoms with E-state index < -0.39 is 11.9 Å². The lowest BCUT2D eigenvalue weighted by Crippen LogP contribution is -2.12. The number of halogens is 1. The molecule has 0 saturated carbocycles. The number of amides is 1. The second-order valence-corrected chi connectivity index (χ2v) is 4.32. The van der Waals surface area contributed by atoms with Crippen molar-refractivity contribution in [3.05, 3.63) is 58.6 Å². The molecule has 3 N–H and O–H groups in total. The van der Waals surface area contributed by atoms with Gasteiger partial charge in [-0.3, -0.25) is 4.79 Å². The average molecular weight is 292 g/mol. The number of primary amides is 1. The summed E-state index contributed by atoms with van der Waals surface area (Å²) in [7, 11) is 0. The summed E-state index contributed by atoms with van der Waals surface area (Å²) in [6.45, 7) is 0. The summed E-state index contributed by atoms with van der Waals surface area (Å²) in [6.07, 6.45) is 0. The van der Waals surface area contributed by atoms with E-state index in [-0.39, 0.29) is 27.6 Å². The molecule has 0 unspecified atom stereocenters. The van der Waals surface area contributed by atoms with Gasteiger partial charge in [0.2, 0.25) is 0 Å². The normalized spacial score (nSPS) is 10.1. The number of para-hydroxylation sites is 1. The van der Waals surface area contributed by atoms with Crippen molar-refractivity contribution in [1.82, 2.24) is 0 Å². The monoisotopic (exact) mass is 291 g/mol. The highest BCUT2D eigenvalue weighted by Crippen LogP contribution is 2.31. The number of rotatable bonds is 4. The molecule has 0 heterocycles. The fourth-order valence-corrected chi connectivity index (χ4v) is 1.81. The van der Waals surface area contributed by atoms with Crippen LogP contribution in [0.1, 0.15) is 20.7 Å². The SMILES string of the molecule is NC(=O)c1ccccc1Oc1ccc(C(=O)O)cc1Cl. The van der Waals surface area contributed by atoms with E-state index in [1.54, 1.807) is 18.2 Å². The molecule has 0 bridgehead atoms. The number of hydrogen-bond donors (Lipinski definition) is 2. The van der Waals surface area contributed by atoms with Gasteiger partial charge in [-0.05, 0) is 30.3 Å². The van der Waals surface area contributed by atoms with Crippen molar-refractivity contribution < 1.29 is 19.4 Å². The van der Waals surface area contributed by atoms with Crippen LogP contribution in [-0.4, -0.2) is 17.0 Å². The largest absolute Gasteiger partial charge is 0.478 e. The van der Waals surface area contributed by atoms with E-state index in [1.807, 2.05) is 0 Å². The molecule has 0 spiro atoms. The molecule has 6 heteroatoms. The molecule has 0 aliphatic heterocycles. The van der Waals surface area contributed by atoms with Gasteiger partial charge in [-0.2, -0.15) is 0 Å². The van der Waals surface area contributed by atoms with Crippen molar-refractivity contribution in [2.75, 3.05) is 0 Å². The minimum absolute atomic E-state index is 0.0468. The molecule has 20 heavy (non-hydrogen) atoms. The predicted octanol–water partition coefficient (Wildman–Crippen LogP) is 2.93. The summed E-state index contributed by atoms with van der Waals surface area (Å²) in [5.41, 5.74) is 5.50. The molecule has 5 nitrogen and oxygen atoms in total. The molecule has 0 aliphatic rings. The number of carboxylic acids is 1. The van der Waals surface area contributed by atoms with Crippen LogP contribution in [-0.2, 0) is 0 Å². The maximum atomic E-state index is 11.3. The third-order valence-corrected chi connectivity index (χ3v) is 2.85. The van der Waals surface area contributed by atoms with Crippen molar-refractivity contribution in [2.45, 2.75) is 0 Å². The minimum Gasteiger partial charge on any atom is -0.478 e. The number of benzene rings is 2. The van der Waals surface area contributed by atoms with Gasteiger partial charge in [0.25, 0.3) is 5.91 Å². The Hall–Kier alpha value is -2.53. The number of aromatic carboxylic acids is 1. The molecule has 2 rings (SSSR count). The summed E-state index contributed by atoms with van der Waals surface area (Å²) in [6, 6.07) is 10.5. The number of hydrogen-bond acceptors (Lipinski definition) is 3. The van der Waals surface area contributed by atoms with Crippen LogP contribution in [0, 0.1) is 0 Å². The van der Waals surface area contributed by atoms with Gasteiger partial charge < -0.3 is 15.6 Å². The van der Waals surface area contributed by atoms with E-state index >= 15 is 0 Å². The van der Waals surface area contributed by atoms with Crippen molar-refractivity contribution >= 4 is 23.5 Å². The quantitative estimate of drug-likeness (QED) is 0.906. The topological polar surface area (TPSA) is 89.6 Å². The van der Waals surface area contributed by atoms with Crippen molar-refractivity contribution in [3.8, 4) is 11.5 Å². The van der Waals surface area contributed by atoms with Crippen LogP contribution in [0.5, 0.6) is 11.5 Å². The molecular weight excluding hydrogens is 282 g/mol. The van der Waals surface area contributed by atoms with Gasteiger partial charge >= 0.3 is 5.97 Å². The molecule has 1 amide bonds. The highest BCUT2D eigenvalue weighted by molar-refractivity contribution is 6.32. The molecule has 2 aromatic rings. The zero-order chi connectivity index (χ0) is 14.7. The Morgan fingerprint density at radius 3 is 2.40 bits per heavy atom. The summed E-state index contributed by atoms with van der Waals surface area (Å²) in [5, 5.41) is 8.98. The van der Waals surface area contributed by atoms with Crippen LogP contribution in [0.15, 0.2) is 42.5 Å². The Kier molecular flexibility index (Phi) is 3.91. The van der Waals surface area contributed by atoms with E-state index in [4.69, 9.17) is 27.2 Å². The lowest BCUT2D eigenvalue weighted by atomic mass is 10.2. The van der Waals surface area contributed by atoms with Gasteiger partial charge in [-0.1, -0.05) is 23.7 Å². The second kappa shape index (κ2) is 5.63. The number of ether oxygens (including phenoxy) is 1. The number of carbonyl (C=O) groups is 2. The number of carbonyl (C=O) groups excluding carboxylic acids is 1. The van der Waals surface area contributed by atoms with Gasteiger partial charge in [-0.25, -0.2) is 4.79 Å². The lowest BCUT2D eigenvalue weighted by Gasteiger charge is -2.10. The van der Waals surface area contributed by atoms with Crippen molar-refractivity contribution in [2.24, 2.45) is 5.73 Å². The van der Waals surface area contributed by atoms with E-state index in [0.717, 1.165) is 0 Å². The Morgan fingerprint density at radius 2 is 1.80 bits per heavy atom. The third-order valence-electron chi connectivity index (χ3n) is 2.55. The van der Waals surface area contributed by atoms with Crippen molar-refractivity contribution in [3.63, 3.8) is 0 Å². The maximum absolute atomic E-state index is 11.3. The first-order chi connectivity index (χ1) is 9.49. The molecule has 102 valence electrons. The number of carboxylic acid groups (broad SMARTS) is 1. The van der Waals surface area contributed by atoms with Crippen LogP contribution in [0.25, 0.3) is 0 Å². The van der Waals surface area contributed by atoms with E-state index in [9.17, 15) is 9.59 Å². The van der Waals surface area contributed by atoms with Crippen LogP contribution in [0.3, 0.4) is 0 Å². The fraction of sp³-hybridized carbons (Fsp3) is 0. The first kappa shape index (κ1) is 13.9. The summed E-state index contributed by atoms with van der Waals surface area (Å²) >= 11 is 5.95.